The minimum atomic E-state index is -0.471. The third-order valence-corrected chi connectivity index (χ3v) is 5.75. The molecule has 28 heavy (non-hydrogen) atoms. The van der Waals surface area contributed by atoms with Gasteiger partial charge < -0.3 is 15.9 Å². The highest BCUT2D eigenvalue weighted by Gasteiger charge is 2.20. The molecule has 1 aromatic carbocycles. The number of nitrogens with one attached hydrogen (secondary N) is 1. The number of nitrogen functional groups attached to an aromatic ring is 1. The summed E-state index contributed by atoms with van der Waals surface area (Å²) in [6, 6.07) is 11.4. The summed E-state index contributed by atoms with van der Waals surface area (Å²) >= 11 is 2.49. The molecule has 2 heterocycles. The Balaban J connectivity index is 1.77. The summed E-state index contributed by atoms with van der Waals surface area (Å²) in [6.07, 6.45) is 0. The van der Waals surface area contributed by atoms with Crippen LogP contribution in [-0.2, 0) is 9.53 Å². The van der Waals surface area contributed by atoms with Crippen molar-refractivity contribution in [1.82, 2.24) is 14.9 Å². The van der Waals surface area contributed by atoms with Crippen LogP contribution in [0.4, 0.5) is 5.00 Å². The van der Waals surface area contributed by atoms with Crippen molar-refractivity contribution in [3.8, 4) is 10.4 Å². The van der Waals surface area contributed by atoms with Crippen molar-refractivity contribution in [2.45, 2.75) is 19.0 Å². The lowest BCUT2D eigenvalue weighted by Crippen LogP contribution is -2.17. The number of aryl methyl sites for hydroxylation is 1. The van der Waals surface area contributed by atoms with Crippen molar-refractivity contribution in [3.05, 3.63) is 47.8 Å². The van der Waals surface area contributed by atoms with Crippen LogP contribution in [0.5, 0.6) is 0 Å². The van der Waals surface area contributed by atoms with Crippen molar-refractivity contribution in [2.75, 3.05) is 23.5 Å². The minimum Gasteiger partial charge on any atom is -0.462 e. The predicted molar refractivity (Wildman–Crippen MR) is 110 cm³/mol. The second-order valence-corrected chi connectivity index (χ2v) is 7.67. The molecular weight excluding hydrogens is 398 g/mol. The second-order valence-electron chi connectivity index (χ2n) is 5.68. The maximum Gasteiger partial charge on any atom is 0.341 e. The van der Waals surface area contributed by atoms with Crippen LogP contribution in [0.15, 0.2) is 41.6 Å². The zero-order valence-corrected chi connectivity index (χ0v) is 17.0. The van der Waals surface area contributed by atoms with Crippen molar-refractivity contribution in [2.24, 2.45) is 0 Å². The molecule has 0 atom stereocenters. The molecule has 0 fully saturated rings. The number of aromatic nitrogens is 3. The van der Waals surface area contributed by atoms with Gasteiger partial charge in [-0.3, -0.25) is 4.79 Å². The van der Waals surface area contributed by atoms with Gasteiger partial charge in [0.15, 0.2) is 0 Å². The van der Waals surface area contributed by atoms with Gasteiger partial charge in [-0.15, -0.1) is 21.5 Å². The molecule has 0 spiro atoms. The van der Waals surface area contributed by atoms with Crippen LogP contribution in [0.2, 0.25) is 0 Å². The van der Waals surface area contributed by atoms with Crippen LogP contribution in [0, 0.1) is 6.92 Å². The molecule has 0 bridgehead atoms. The number of hydrogen-bond donors (Lipinski definition) is 2. The fourth-order valence-electron chi connectivity index (χ4n) is 2.33. The fraction of sp³-hybridized carbons (Fsp3) is 0.222. The Bertz CT molecular complexity index is 985. The van der Waals surface area contributed by atoms with Crippen molar-refractivity contribution < 1.29 is 14.3 Å². The van der Waals surface area contributed by atoms with Gasteiger partial charge in [0.25, 0.3) is 0 Å². The van der Waals surface area contributed by atoms with Crippen LogP contribution in [0.1, 0.15) is 23.1 Å². The van der Waals surface area contributed by atoms with Gasteiger partial charge in [-0.1, -0.05) is 42.1 Å². The Morgan fingerprint density at radius 1 is 1.29 bits per heavy atom. The number of ether oxygens (including phenoxy) is 1. The third-order valence-electron chi connectivity index (χ3n) is 3.71. The van der Waals surface area contributed by atoms with E-state index in [0.717, 1.165) is 22.2 Å². The van der Waals surface area contributed by atoms with E-state index in [1.54, 1.807) is 19.9 Å². The average molecular weight is 418 g/mol. The summed E-state index contributed by atoms with van der Waals surface area (Å²) < 4.78 is 6.44. The minimum absolute atomic E-state index is 0.0795. The van der Waals surface area contributed by atoms with Crippen molar-refractivity contribution >= 4 is 40.0 Å². The maximum atomic E-state index is 12.4. The van der Waals surface area contributed by atoms with E-state index in [2.05, 4.69) is 15.5 Å². The Hall–Kier alpha value is -2.85. The highest BCUT2D eigenvalue weighted by atomic mass is 32.2. The fourth-order valence-corrected chi connectivity index (χ4v) is 4.10. The summed E-state index contributed by atoms with van der Waals surface area (Å²) in [7, 11) is 0. The molecule has 8 nitrogen and oxygen atoms in total. The van der Waals surface area contributed by atoms with E-state index in [1.807, 2.05) is 30.3 Å². The Kier molecular flexibility index (Phi) is 6.32. The van der Waals surface area contributed by atoms with E-state index in [9.17, 15) is 9.59 Å². The van der Waals surface area contributed by atoms with Crippen molar-refractivity contribution in [3.63, 3.8) is 0 Å². The molecule has 3 rings (SSSR count). The quantitative estimate of drug-likeness (QED) is 0.345. The molecule has 0 aliphatic heterocycles. The standard InChI is InChI=1S/C18H19N5O3S2/c1-3-26-17(25)13-9-14(12-7-5-4-6-8-12)28-16(13)20-15(24)10-27-18-22-21-11(2)23(18)19/h4-9H,3,10,19H2,1-2H3,(H,20,24). The van der Waals surface area contributed by atoms with Crippen LogP contribution < -0.4 is 11.2 Å². The average Bonchev–Trinajstić information content (AvgIpc) is 3.25. The Morgan fingerprint density at radius 2 is 2.04 bits per heavy atom. The molecule has 0 saturated carbocycles. The van der Waals surface area contributed by atoms with Gasteiger partial charge in [-0.25, -0.2) is 9.47 Å². The van der Waals surface area contributed by atoms with E-state index in [0.29, 0.717) is 21.5 Å². The van der Waals surface area contributed by atoms with E-state index < -0.39 is 5.97 Å². The van der Waals surface area contributed by atoms with E-state index in [4.69, 9.17) is 10.6 Å². The van der Waals surface area contributed by atoms with E-state index in [-0.39, 0.29) is 18.3 Å². The summed E-state index contributed by atoms with van der Waals surface area (Å²) in [5, 5.41) is 11.4. The number of nitrogens with zero attached hydrogens (tertiary/aromatic N) is 3. The summed E-state index contributed by atoms with van der Waals surface area (Å²) in [5.41, 5.74) is 1.29. The number of thioether (sulfide) groups is 1. The van der Waals surface area contributed by atoms with Crippen LogP contribution in [0.3, 0.4) is 0 Å². The van der Waals surface area contributed by atoms with Crippen LogP contribution in [0.25, 0.3) is 10.4 Å². The number of benzene rings is 1. The number of carbonyl (C=O) groups is 2. The first-order valence-corrected chi connectivity index (χ1v) is 10.3. The number of nitrogens with two attached hydrogens (primary N) is 1. The van der Waals surface area contributed by atoms with E-state index in [1.165, 1.54) is 16.0 Å². The lowest BCUT2D eigenvalue weighted by Gasteiger charge is -2.06. The number of esters is 1. The Labute approximate surface area is 170 Å². The van der Waals surface area contributed by atoms with Gasteiger partial charge in [0.1, 0.15) is 10.8 Å². The maximum absolute atomic E-state index is 12.4. The van der Waals surface area contributed by atoms with Gasteiger partial charge >= 0.3 is 5.97 Å². The molecule has 3 aromatic rings. The Morgan fingerprint density at radius 3 is 2.68 bits per heavy atom. The number of hydrogen-bond acceptors (Lipinski definition) is 8. The second kappa shape index (κ2) is 8.89. The zero-order chi connectivity index (χ0) is 20.1. The molecular formula is C18H19N5O3S2. The molecule has 0 aliphatic rings. The van der Waals surface area contributed by atoms with Gasteiger partial charge in [0.2, 0.25) is 11.1 Å². The molecule has 0 saturated heterocycles. The van der Waals surface area contributed by atoms with Crippen LogP contribution in [-0.4, -0.2) is 39.1 Å². The summed E-state index contributed by atoms with van der Waals surface area (Å²) in [6.45, 7) is 3.71. The molecule has 0 aliphatic carbocycles. The molecule has 10 heteroatoms. The van der Waals surface area contributed by atoms with Crippen LogP contribution >= 0.6 is 23.1 Å². The molecule has 0 radical (unpaired) electrons. The smallest absolute Gasteiger partial charge is 0.341 e. The predicted octanol–water partition coefficient (Wildman–Crippen LogP) is 2.94. The van der Waals surface area contributed by atoms with Gasteiger partial charge in [0.05, 0.1) is 17.9 Å². The lowest BCUT2D eigenvalue weighted by atomic mass is 10.1. The number of anilines is 1. The first-order valence-electron chi connectivity index (χ1n) is 8.45. The first kappa shape index (κ1) is 19.9. The highest BCUT2D eigenvalue weighted by molar-refractivity contribution is 7.99. The van der Waals surface area contributed by atoms with E-state index >= 15 is 0 Å². The summed E-state index contributed by atoms with van der Waals surface area (Å²) in [5.74, 6) is 5.67. The van der Waals surface area contributed by atoms with Gasteiger partial charge in [-0.2, -0.15) is 0 Å². The molecule has 1 amide bonds. The monoisotopic (exact) mass is 417 g/mol. The number of carbonyl (C=O) groups excluding carboxylic acids is 2. The van der Waals surface area contributed by atoms with Gasteiger partial charge in [-0.05, 0) is 25.5 Å². The van der Waals surface area contributed by atoms with Crippen molar-refractivity contribution in [1.29, 1.82) is 0 Å². The molecule has 3 N–H and O–H groups in total. The van der Waals surface area contributed by atoms with Gasteiger partial charge in [0, 0.05) is 4.88 Å². The lowest BCUT2D eigenvalue weighted by molar-refractivity contribution is -0.113. The number of rotatable bonds is 7. The normalized spacial score (nSPS) is 10.6. The third kappa shape index (κ3) is 4.52. The largest absolute Gasteiger partial charge is 0.462 e. The summed E-state index contributed by atoms with van der Waals surface area (Å²) in [4.78, 5) is 25.6. The number of thiophene rings is 1. The SMILES string of the molecule is CCOC(=O)c1cc(-c2ccccc2)sc1NC(=O)CSc1nnc(C)n1N. The number of amides is 1. The molecule has 2 aromatic heterocycles. The highest BCUT2D eigenvalue weighted by Crippen LogP contribution is 2.36. The topological polar surface area (TPSA) is 112 Å². The molecule has 146 valence electrons. The molecule has 0 unspecified atom stereocenters. The first-order chi connectivity index (χ1) is 13.5. The zero-order valence-electron chi connectivity index (χ0n) is 15.3.